The first-order chi connectivity index (χ1) is 12.0. The van der Waals surface area contributed by atoms with Crippen molar-refractivity contribution in [1.29, 1.82) is 0 Å². The minimum Gasteiger partial charge on any atom is -0.491 e. The van der Waals surface area contributed by atoms with Crippen molar-refractivity contribution in [1.82, 2.24) is 0 Å². The summed E-state index contributed by atoms with van der Waals surface area (Å²) in [4.78, 5) is 24.3. The molecule has 2 N–H and O–H groups in total. The SMILES string of the molecule is CCOC(=O)[C@@H]1CCC[NH+](C[C@H](O)COc2ccc(C(C)=O)cc2)C1. The minimum absolute atomic E-state index is 0.0106. The van der Waals surface area contributed by atoms with Crippen molar-refractivity contribution >= 4 is 11.8 Å². The molecule has 0 aromatic heterocycles. The van der Waals surface area contributed by atoms with Crippen molar-refractivity contribution in [2.75, 3.05) is 32.8 Å². The van der Waals surface area contributed by atoms with E-state index in [2.05, 4.69) is 0 Å². The van der Waals surface area contributed by atoms with Crippen LogP contribution in [0.2, 0.25) is 0 Å². The van der Waals surface area contributed by atoms with Crippen LogP contribution in [0.25, 0.3) is 0 Å². The standard InChI is InChI=1S/C19H27NO5/c1-3-24-19(23)16-5-4-10-20(11-16)12-17(22)13-25-18-8-6-15(7-9-18)14(2)21/h6-9,16-17,22H,3-5,10-13H2,1-2H3/p+1/t16-,17+/m1/s1. The number of Topliss-reactive ketones (excluding diaryl/α,β-unsaturated/α-hetero) is 1. The average Bonchev–Trinajstić information content (AvgIpc) is 2.61. The number of piperidine rings is 1. The number of ether oxygens (including phenoxy) is 2. The van der Waals surface area contributed by atoms with E-state index >= 15 is 0 Å². The van der Waals surface area contributed by atoms with Gasteiger partial charge in [-0.3, -0.25) is 9.59 Å². The zero-order chi connectivity index (χ0) is 18.2. The minimum atomic E-state index is -0.608. The molecule has 0 amide bonds. The molecule has 1 aliphatic rings. The van der Waals surface area contributed by atoms with Crippen LogP contribution in [0.4, 0.5) is 0 Å². The van der Waals surface area contributed by atoms with Crippen LogP contribution in [-0.4, -0.2) is 55.8 Å². The fourth-order valence-electron chi connectivity index (χ4n) is 3.17. The molecule has 0 bridgehead atoms. The average molecular weight is 350 g/mol. The van der Waals surface area contributed by atoms with E-state index in [1.807, 2.05) is 6.92 Å². The summed E-state index contributed by atoms with van der Waals surface area (Å²) < 4.78 is 10.7. The number of aliphatic hydroxyl groups is 1. The van der Waals surface area contributed by atoms with E-state index in [9.17, 15) is 14.7 Å². The van der Waals surface area contributed by atoms with Crippen molar-refractivity contribution in [3.8, 4) is 5.75 Å². The van der Waals surface area contributed by atoms with Crippen LogP contribution < -0.4 is 9.64 Å². The van der Waals surface area contributed by atoms with E-state index in [0.29, 0.717) is 31.0 Å². The van der Waals surface area contributed by atoms with Gasteiger partial charge in [-0.05, 0) is 51.0 Å². The van der Waals surface area contributed by atoms with Crippen LogP contribution in [0.5, 0.6) is 5.75 Å². The Morgan fingerprint density at radius 1 is 1.32 bits per heavy atom. The van der Waals surface area contributed by atoms with Gasteiger partial charge < -0.3 is 19.5 Å². The number of rotatable bonds is 8. The van der Waals surface area contributed by atoms with Crippen LogP contribution in [-0.2, 0) is 9.53 Å². The first-order valence-electron chi connectivity index (χ1n) is 8.91. The number of likely N-dealkylation sites (tertiary alicyclic amines) is 1. The number of carbonyl (C=O) groups excluding carboxylic acids is 2. The van der Waals surface area contributed by atoms with Gasteiger partial charge in [-0.1, -0.05) is 0 Å². The van der Waals surface area contributed by atoms with Crippen LogP contribution >= 0.6 is 0 Å². The molecule has 1 aromatic carbocycles. The lowest BCUT2D eigenvalue weighted by Gasteiger charge is -2.30. The molecule has 0 aliphatic carbocycles. The van der Waals surface area contributed by atoms with Crippen LogP contribution in [0, 0.1) is 5.92 Å². The number of carbonyl (C=O) groups is 2. The van der Waals surface area contributed by atoms with Crippen molar-refractivity contribution in [2.24, 2.45) is 5.92 Å². The highest BCUT2D eigenvalue weighted by atomic mass is 16.5. The lowest BCUT2D eigenvalue weighted by molar-refractivity contribution is -0.910. The fraction of sp³-hybridized carbons (Fsp3) is 0.579. The maximum atomic E-state index is 11.9. The summed E-state index contributed by atoms with van der Waals surface area (Å²) in [7, 11) is 0. The van der Waals surface area contributed by atoms with Gasteiger partial charge in [-0.25, -0.2) is 0 Å². The quantitative estimate of drug-likeness (QED) is 0.527. The van der Waals surface area contributed by atoms with E-state index in [-0.39, 0.29) is 24.3 Å². The molecule has 6 heteroatoms. The molecule has 138 valence electrons. The number of nitrogens with one attached hydrogen (secondary N) is 1. The van der Waals surface area contributed by atoms with Crippen LogP contribution in [0.3, 0.4) is 0 Å². The topological polar surface area (TPSA) is 77.3 Å². The molecule has 25 heavy (non-hydrogen) atoms. The molecular formula is C19H28NO5+. The Bertz CT molecular complexity index is 572. The van der Waals surface area contributed by atoms with E-state index in [1.165, 1.54) is 11.8 Å². The summed E-state index contributed by atoms with van der Waals surface area (Å²) in [6.07, 6.45) is 1.21. The predicted octanol–water partition coefficient (Wildman–Crippen LogP) is 0.487. The Kier molecular flexibility index (Phi) is 7.40. The van der Waals surface area contributed by atoms with Gasteiger partial charge in [0.15, 0.2) is 5.78 Å². The molecule has 1 heterocycles. The molecular weight excluding hydrogens is 322 g/mol. The maximum absolute atomic E-state index is 11.9. The van der Waals surface area contributed by atoms with Gasteiger partial charge >= 0.3 is 5.97 Å². The summed E-state index contributed by atoms with van der Waals surface area (Å²) in [6.45, 7) is 6.11. The predicted molar refractivity (Wildman–Crippen MR) is 92.9 cm³/mol. The Morgan fingerprint density at radius 2 is 2.04 bits per heavy atom. The van der Waals surface area contributed by atoms with E-state index in [0.717, 1.165) is 19.4 Å². The Labute approximate surface area is 148 Å². The number of benzene rings is 1. The second kappa shape index (κ2) is 9.53. The van der Waals surface area contributed by atoms with Gasteiger partial charge in [0.05, 0.1) is 19.7 Å². The van der Waals surface area contributed by atoms with Gasteiger partial charge in [0.2, 0.25) is 0 Å². The van der Waals surface area contributed by atoms with Gasteiger partial charge in [-0.2, -0.15) is 0 Å². The number of hydrogen-bond acceptors (Lipinski definition) is 5. The summed E-state index contributed by atoms with van der Waals surface area (Å²) in [5, 5.41) is 10.2. The van der Waals surface area contributed by atoms with Gasteiger partial charge in [0, 0.05) is 5.56 Å². The van der Waals surface area contributed by atoms with Crippen molar-refractivity contribution in [2.45, 2.75) is 32.8 Å². The van der Waals surface area contributed by atoms with Crippen LogP contribution in [0.1, 0.15) is 37.0 Å². The smallest absolute Gasteiger partial charge is 0.314 e. The lowest BCUT2D eigenvalue weighted by atomic mass is 9.98. The number of ketones is 1. The highest BCUT2D eigenvalue weighted by Crippen LogP contribution is 2.13. The number of quaternary nitrogens is 1. The Balaban J connectivity index is 1.76. The van der Waals surface area contributed by atoms with E-state index in [1.54, 1.807) is 24.3 Å². The molecule has 1 aliphatic heterocycles. The second-order valence-corrected chi connectivity index (χ2v) is 6.54. The first kappa shape index (κ1) is 19.4. The summed E-state index contributed by atoms with van der Waals surface area (Å²) in [6, 6.07) is 6.88. The Morgan fingerprint density at radius 3 is 2.68 bits per heavy atom. The van der Waals surface area contributed by atoms with Gasteiger partial charge in [0.25, 0.3) is 0 Å². The molecule has 1 fully saturated rings. The third-order valence-electron chi connectivity index (χ3n) is 4.47. The zero-order valence-electron chi connectivity index (χ0n) is 15.0. The van der Waals surface area contributed by atoms with E-state index < -0.39 is 6.10 Å². The molecule has 3 atom stereocenters. The summed E-state index contributed by atoms with van der Waals surface area (Å²) in [5.41, 5.74) is 0.635. The van der Waals surface area contributed by atoms with Crippen molar-refractivity contribution < 1.29 is 29.1 Å². The van der Waals surface area contributed by atoms with Gasteiger partial charge in [0.1, 0.15) is 30.9 Å². The summed E-state index contributed by atoms with van der Waals surface area (Å²) in [5.74, 6) is 0.436. The monoisotopic (exact) mass is 350 g/mol. The molecule has 6 nitrogen and oxygen atoms in total. The normalized spacial score (nSPS) is 21.4. The van der Waals surface area contributed by atoms with Crippen molar-refractivity contribution in [3.05, 3.63) is 29.8 Å². The Hall–Kier alpha value is -1.92. The molecule has 1 aromatic rings. The fourth-order valence-corrected chi connectivity index (χ4v) is 3.17. The number of hydrogen-bond donors (Lipinski definition) is 2. The molecule has 0 spiro atoms. The van der Waals surface area contributed by atoms with E-state index in [4.69, 9.17) is 9.47 Å². The zero-order valence-corrected chi connectivity index (χ0v) is 15.0. The second-order valence-electron chi connectivity index (χ2n) is 6.54. The van der Waals surface area contributed by atoms with Gasteiger partial charge in [-0.15, -0.1) is 0 Å². The number of esters is 1. The van der Waals surface area contributed by atoms with Crippen molar-refractivity contribution in [3.63, 3.8) is 0 Å². The molecule has 0 saturated carbocycles. The molecule has 2 rings (SSSR count). The third-order valence-corrected chi connectivity index (χ3v) is 4.47. The first-order valence-corrected chi connectivity index (χ1v) is 8.91. The highest BCUT2D eigenvalue weighted by Gasteiger charge is 2.30. The summed E-state index contributed by atoms with van der Waals surface area (Å²) >= 11 is 0. The highest BCUT2D eigenvalue weighted by molar-refractivity contribution is 5.94. The third kappa shape index (κ3) is 6.14. The number of aliphatic hydroxyl groups excluding tert-OH is 1. The van der Waals surface area contributed by atoms with Crippen LogP contribution in [0.15, 0.2) is 24.3 Å². The lowest BCUT2D eigenvalue weighted by Crippen LogP contribution is -3.15. The maximum Gasteiger partial charge on any atom is 0.314 e. The molecule has 1 saturated heterocycles. The largest absolute Gasteiger partial charge is 0.491 e. The molecule has 0 radical (unpaired) electrons. The molecule has 1 unspecified atom stereocenters.